The minimum Gasteiger partial charge on any atom is -0.508 e. The number of phenolic OH excluding ortho intramolecular Hbond substituents is 1. The molecule has 1 saturated carbocycles. The van der Waals surface area contributed by atoms with E-state index in [0.29, 0.717) is 24.1 Å². The number of nitrogens with one attached hydrogen (secondary N) is 1. The van der Waals surface area contributed by atoms with Crippen LogP contribution in [0.1, 0.15) is 42.1 Å². The molecule has 1 aromatic heterocycles. The fourth-order valence-corrected chi connectivity index (χ4v) is 4.56. The van der Waals surface area contributed by atoms with Crippen molar-refractivity contribution in [1.82, 2.24) is 9.88 Å². The molecule has 2 aliphatic rings. The first kappa shape index (κ1) is 18.4. The number of amides is 1. The Hall–Kier alpha value is -2.66. The molecule has 3 aromatic rings. The molecule has 1 amide bonds. The number of aromatic amines is 1. The molecule has 0 unspecified atom stereocenters. The Balaban J connectivity index is 1.54. The fourth-order valence-electron chi connectivity index (χ4n) is 4.39. The summed E-state index contributed by atoms with van der Waals surface area (Å²) >= 11 is 6.23. The monoisotopic (exact) mass is 410 g/mol. The summed E-state index contributed by atoms with van der Waals surface area (Å²) in [5.74, 6) is 0.703. The number of benzene rings is 2. The lowest BCUT2D eigenvalue weighted by Gasteiger charge is -2.36. The van der Waals surface area contributed by atoms with Crippen LogP contribution in [0.2, 0.25) is 5.02 Å². The second kappa shape index (κ2) is 7.30. The highest BCUT2D eigenvalue weighted by Crippen LogP contribution is 2.40. The summed E-state index contributed by atoms with van der Waals surface area (Å²) < 4.78 is 5.67. The molecule has 1 aliphatic carbocycles. The van der Waals surface area contributed by atoms with E-state index in [2.05, 4.69) is 4.98 Å². The Labute approximate surface area is 174 Å². The molecule has 2 heterocycles. The molecule has 150 valence electrons. The maximum Gasteiger partial charge on any atom is 0.410 e. The van der Waals surface area contributed by atoms with Crippen LogP contribution in [0.3, 0.4) is 0 Å². The number of H-pyrrole nitrogens is 1. The van der Waals surface area contributed by atoms with E-state index in [4.69, 9.17) is 16.3 Å². The highest BCUT2D eigenvalue weighted by atomic mass is 35.5. The largest absolute Gasteiger partial charge is 0.508 e. The molecule has 1 atom stereocenters. The van der Waals surface area contributed by atoms with E-state index in [1.54, 1.807) is 17.0 Å². The molecule has 5 nitrogen and oxygen atoms in total. The molecular formula is C23H23ClN2O3. The first-order chi connectivity index (χ1) is 14.1. The number of hydrogen-bond acceptors (Lipinski definition) is 3. The van der Waals surface area contributed by atoms with Gasteiger partial charge in [0.1, 0.15) is 11.8 Å². The second-order valence-electron chi connectivity index (χ2n) is 8.02. The Morgan fingerprint density at radius 1 is 1.21 bits per heavy atom. The smallest absolute Gasteiger partial charge is 0.410 e. The van der Waals surface area contributed by atoms with Gasteiger partial charge in [-0.15, -0.1) is 0 Å². The van der Waals surface area contributed by atoms with Gasteiger partial charge in [0.15, 0.2) is 0 Å². The number of nitrogens with zero attached hydrogens (tertiary/aromatic N) is 1. The van der Waals surface area contributed by atoms with Gasteiger partial charge in [-0.25, -0.2) is 4.79 Å². The SMILES string of the molecule is O=C(OCC1CCC1)N1CCc2c([nH]c3ccc(Cl)cc23)[C@@H]1c1ccc(O)cc1. The minimum absolute atomic E-state index is 0.201. The zero-order valence-electron chi connectivity index (χ0n) is 16.0. The van der Waals surface area contributed by atoms with Gasteiger partial charge in [-0.05, 0) is 66.6 Å². The Kier molecular flexibility index (Phi) is 4.63. The van der Waals surface area contributed by atoms with E-state index in [9.17, 15) is 9.90 Å². The maximum absolute atomic E-state index is 13.0. The summed E-state index contributed by atoms with van der Waals surface area (Å²) in [7, 11) is 0. The molecule has 0 bridgehead atoms. The molecule has 0 radical (unpaired) electrons. The number of phenols is 1. The van der Waals surface area contributed by atoms with Crippen LogP contribution < -0.4 is 0 Å². The van der Waals surface area contributed by atoms with Crippen LogP contribution in [0.25, 0.3) is 10.9 Å². The van der Waals surface area contributed by atoms with Gasteiger partial charge in [-0.2, -0.15) is 0 Å². The van der Waals surface area contributed by atoms with Crippen LogP contribution in [-0.4, -0.2) is 34.2 Å². The molecule has 29 heavy (non-hydrogen) atoms. The van der Waals surface area contributed by atoms with Gasteiger partial charge in [-0.1, -0.05) is 30.2 Å². The van der Waals surface area contributed by atoms with Crippen LogP contribution in [0.4, 0.5) is 4.79 Å². The minimum atomic E-state index is -0.292. The topological polar surface area (TPSA) is 65.6 Å². The molecule has 0 spiro atoms. The summed E-state index contributed by atoms with van der Waals surface area (Å²) in [6, 6.07) is 12.6. The van der Waals surface area contributed by atoms with E-state index in [0.717, 1.165) is 41.4 Å². The van der Waals surface area contributed by atoms with Crippen LogP contribution in [-0.2, 0) is 11.2 Å². The Bertz CT molecular complexity index is 1060. The molecule has 0 saturated heterocycles. The highest BCUT2D eigenvalue weighted by Gasteiger charge is 2.36. The molecule has 1 fully saturated rings. The molecule has 5 rings (SSSR count). The van der Waals surface area contributed by atoms with E-state index in [1.165, 1.54) is 12.0 Å². The number of carbonyl (C=O) groups excluding carboxylic acids is 1. The third kappa shape index (κ3) is 3.33. The van der Waals surface area contributed by atoms with Gasteiger partial charge in [0.2, 0.25) is 0 Å². The van der Waals surface area contributed by atoms with E-state index in [1.807, 2.05) is 30.3 Å². The number of rotatable bonds is 3. The average Bonchev–Trinajstić information content (AvgIpc) is 3.04. The molecule has 1 aliphatic heterocycles. The number of halogens is 1. The summed E-state index contributed by atoms with van der Waals surface area (Å²) in [6.07, 6.45) is 3.96. The number of ether oxygens (including phenoxy) is 1. The van der Waals surface area contributed by atoms with Crippen molar-refractivity contribution < 1.29 is 14.6 Å². The van der Waals surface area contributed by atoms with Crippen molar-refractivity contribution in [2.75, 3.05) is 13.2 Å². The van der Waals surface area contributed by atoms with E-state index in [-0.39, 0.29) is 17.9 Å². The fraction of sp³-hybridized carbons (Fsp3) is 0.348. The van der Waals surface area contributed by atoms with Crippen molar-refractivity contribution in [3.8, 4) is 5.75 Å². The molecular weight excluding hydrogens is 388 g/mol. The first-order valence-corrected chi connectivity index (χ1v) is 10.5. The van der Waals surface area contributed by atoms with Crippen LogP contribution in [0.5, 0.6) is 5.75 Å². The molecule has 6 heteroatoms. The molecule has 2 N–H and O–H groups in total. The Morgan fingerprint density at radius 3 is 2.72 bits per heavy atom. The normalized spacial score (nSPS) is 19.1. The van der Waals surface area contributed by atoms with Crippen LogP contribution in [0, 0.1) is 5.92 Å². The summed E-state index contributed by atoms with van der Waals surface area (Å²) in [6.45, 7) is 1.06. The van der Waals surface area contributed by atoms with Crippen molar-refractivity contribution in [2.45, 2.75) is 31.7 Å². The highest BCUT2D eigenvalue weighted by molar-refractivity contribution is 6.31. The lowest BCUT2D eigenvalue weighted by molar-refractivity contribution is 0.0620. The maximum atomic E-state index is 13.0. The van der Waals surface area contributed by atoms with Gasteiger partial charge in [-0.3, -0.25) is 4.90 Å². The zero-order valence-corrected chi connectivity index (χ0v) is 16.8. The third-order valence-electron chi connectivity index (χ3n) is 6.20. The number of aromatic hydroxyl groups is 1. The van der Waals surface area contributed by atoms with Gasteiger partial charge in [0.25, 0.3) is 0 Å². The van der Waals surface area contributed by atoms with Crippen molar-refractivity contribution >= 4 is 28.6 Å². The third-order valence-corrected chi connectivity index (χ3v) is 6.43. The van der Waals surface area contributed by atoms with Crippen molar-refractivity contribution in [3.63, 3.8) is 0 Å². The second-order valence-corrected chi connectivity index (χ2v) is 8.45. The van der Waals surface area contributed by atoms with Crippen molar-refractivity contribution in [1.29, 1.82) is 0 Å². The number of aromatic nitrogens is 1. The average molecular weight is 411 g/mol. The van der Waals surface area contributed by atoms with Crippen LogP contribution in [0.15, 0.2) is 42.5 Å². The quantitative estimate of drug-likeness (QED) is 0.606. The first-order valence-electron chi connectivity index (χ1n) is 10.1. The van der Waals surface area contributed by atoms with Gasteiger partial charge >= 0.3 is 6.09 Å². The lowest BCUT2D eigenvalue weighted by atomic mass is 9.86. The van der Waals surface area contributed by atoms with E-state index >= 15 is 0 Å². The Morgan fingerprint density at radius 2 is 2.00 bits per heavy atom. The number of carbonyl (C=O) groups is 1. The van der Waals surface area contributed by atoms with Crippen molar-refractivity contribution in [3.05, 3.63) is 64.3 Å². The summed E-state index contributed by atoms with van der Waals surface area (Å²) in [5.41, 5.74) is 4.11. The standard InChI is InChI=1S/C23H23ClN2O3/c24-16-6-9-20-19(12-16)18-10-11-26(23(28)29-13-14-2-1-3-14)22(21(18)25-20)15-4-7-17(27)8-5-15/h4-9,12,14,22,25,27H,1-3,10-11,13H2/t22-/m0/s1. The summed E-state index contributed by atoms with van der Waals surface area (Å²) in [4.78, 5) is 18.3. The van der Waals surface area contributed by atoms with E-state index < -0.39 is 0 Å². The number of fused-ring (bicyclic) bond motifs is 3. The van der Waals surface area contributed by atoms with Crippen molar-refractivity contribution in [2.24, 2.45) is 5.92 Å². The predicted molar refractivity (Wildman–Crippen MR) is 112 cm³/mol. The molecule has 2 aromatic carbocycles. The number of hydrogen-bond donors (Lipinski definition) is 2. The predicted octanol–water partition coefficient (Wildman–Crippen LogP) is 5.41. The van der Waals surface area contributed by atoms with Gasteiger partial charge < -0.3 is 14.8 Å². The van der Waals surface area contributed by atoms with Gasteiger partial charge in [0.05, 0.1) is 6.61 Å². The lowest BCUT2D eigenvalue weighted by Crippen LogP contribution is -2.41. The van der Waals surface area contributed by atoms with Crippen LogP contribution >= 0.6 is 11.6 Å². The van der Waals surface area contributed by atoms with Gasteiger partial charge in [0, 0.05) is 28.2 Å². The summed E-state index contributed by atoms with van der Waals surface area (Å²) in [5, 5.41) is 11.5. The zero-order chi connectivity index (χ0) is 20.0.